The van der Waals surface area contributed by atoms with Crippen LogP contribution in [-0.4, -0.2) is 17.9 Å². The van der Waals surface area contributed by atoms with Gasteiger partial charge >= 0.3 is 6.18 Å². The van der Waals surface area contributed by atoms with E-state index in [1.165, 1.54) is 7.05 Å². The number of aromatic nitrogens is 1. The van der Waals surface area contributed by atoms with Gasteiger partial charge in [-0.2, -0.15) is 13.2 Å². The Labute approximate surface area is 71.9 Å². The van der Waals surface area contributed by atoms with Gasteiger partial charge in [0.05, 0.1) is 11.1 Å². The number of amides is 1. The molecule has 0 aliphatic carbocycles. The van der Waals surface area contributed by atoms with Gasteiger partial charge in [-0.1, -0.05) is 0 Å². The average molecular weight is 192 g/mol. The van der Waals surface area contributed by atoms with Crippen LogP contribution in [0.15, 0.2) is 12.4 Å². The largest absolute Gasteiger partial charge is 0.418 e. The van der Waals surface area contributed by atoms with Crippen LogP contribution in [0.4, 0.5) is 13.2 Å². The van der Waals surface area contributed by atoms with Gasteiger partial charge in [0, 0.05) is 19.4 Å². The molecule has 1 heterocycles. The third-order valence-corrected chi connectivity index (χ3v) is 1.52. The molecule has 0 aliphatic heterocycles. The highest BCUT2D eigenvalue weighted by molar-refractivity contribution is 5.95. The molecule has 0 bridgehead atoms. The van der Waals surface area contributed by atoms with Crippen molar-refractivity contribution in [3.8, 4) is 0 Å². The van der Waals surface area contributed by atoms with E-state index in [0.717, 1.165) is 12.4 Å². The topological polar surface area (TPSA) is 44.9 Å². The molecule has 0 atom stereocenters. The van der Waals surface area contributed by atoms with Crippen molar-refractivity contribution in [2.45, 2.75) is 6.18 Å². The maximum absolute atomic E-state index is 12.2. The van der Waals surface area contributed by atoms with Gasteiger partial charge in [-0.15, -0.1) is 0 Å². The van der Waals surface area contributed by atoms with E-state index in [9.17, 15) is 18.0 Å². The fraction of sp³-hybridized carbons (Fsp3) is 0.286. The molecule has 1 aromatic rings. The molecule has 3 nitrogen and oxygen atoms in total. The Hall–Kier alpha value is -1.46. The summed E-state index contributed by atoms with van der Waals surface area (Å²) >= 11 is 0. The van der Waals surface area contributed by atoms with Crippen molar-refractivity contribution < 1.29 is 18.0 Å². The Morgan fingerprint density at radius 1 is 1.46 bits per heavy atom. The second-order valence-corrected chi connectivity index (χ2v) is 2.36. The minimum absolute atomic E-state index is 0.394. The van der Waals surface area contributed by atoms with E-state index in [4.69, 9.17) is 0 Å². The molecular weight excluding hydrogens is 185 g/mol. The molecule has 72 valence electrons. The van der Waals surface area contributed by atoms with Crippen molar-refractivity contribution in [3.63, 3.8) is 0 Å². The summed E-state index contributed by atoms with van der Waals surface area (Å²) in [7, 11) is 1.27. The number of carbonyl (C=O) groups is 1. The average Bonchev–Trinajstić information content (AvgIpc) is 2.49. The SMILES string of the molecule is CNC(=O)c1c[nH]cc1C(F)(F)F. The van der Waals surface area contributed by atoms with Crippen LogP contribution in [0.3, 0.4) is 0 Å². The quantitative estimate of drug-likeness (QED) is 0.693. The molecule has 13 heavy (non-hydrogen) atoms. The summed E-state index contributed by atoms with van der Waals surface area (Å²) in [5.74, 6) is -0.756. The predicted molar refractivity (Wildman–Crippen MR) is 39.2 cm³/mol. The van der Waals surface area contributed by atoms with Gasteiger partial charge in [-0.25, -0.2) is 0 Å². The van der Waals surface area contributed by atoms with Gasteiger partial charge in [0.2, 0.25) is 0 Å². The summed E-state index contributed by atoms with van der Waals surface area (Å²) < 4.78 is 36.5. The van der Waals surface area contributed by atoms with E-state index >= 15 is 0 Å². The number of aromatic amines is 1. The summed E-state index contributed by atoms with van der Waals surface area (Å²) in [6.07, 6.45) is -2.73. The molecule has 0 spiro atoms. The first-order valence-electron chi connectivity index (χ1n) is 3.43. The molecule has 1 aromatic heterocycles. The smallest absolute Gasteiger partial charge is 0.366 e. The number of H-pyrrole nitrogens is 1. The normalized spacial score (nSPS) is 11.4. The van der Waals surface area contributed by atoms with Crippen LogP contribution in [0.25, 0.3) is 0 Å². The summed E-state index contributed by atoms with van der Waals surface area (Å²) in [6.45, 7) is 0. The molecule has 0 unspecified atom stereocenters. The maximum Gasteiger partial charge on any atom is 0.418 e. The summed E-state index contributed by atoms with van der Waals surface area (Å²) in [6, 6.07) is 0. The van der Waals surface area contributed by atoms with Crippen molar-refractivity contribution in [1.29, 1.82) is 0 Å². The lowest BCUT2D eigenvalue weighted by atomic mass is 10.2. The van der Waals surface area contributed by atoms with E-state index in [-0.39, 0.29) is 0 Å². The summed E-state index contributed by atoms with van der Waals surface area (Å²) in [5, 5.41) is 2.12. The lowest BCUT2D eigenvalue weighted by Crippen LogP contribution is -2.21. The van der Waals surface area contributed by atoms with Crippen LogP contribution in [0.2, 0.25) is 0 Å². The van der Waals surface area contributed by atoms with E-state index in [1.54, 1.807) is 0 Å². The molecular formula is C7H7F3N2O. The Morgan fingerprint density at radius 2 is 2.08 bits per heavy atom. The predicted octanol–water partition coefficient (Wildman–Crippen LogP) is 1.39. The van der Waals surface area contributed by atoms with Gasteiger partial charge < -0.3 is 10.3 Å². The lowest BCUT2D eigenvalue weighted by Gasteiger charge is -2.05. The first kappa shape index (κ1) is 9.63. The van der Waals surface area contributed by atoms with Crippen LogP contribution in [0.5, 0.6) is 0 Å². The number of alkyl halides is 3. The Bertz CT molecular complexity index is 316. The van der Waals surface area contributed by atoms with Crippen LogP contribution in [0, 0.1) is 0 Å². The van der Waals surface area contributed by atoms with E-state index in [2.05, 4.69) is 10.3 Å². The van der Waals surface area contributed by atoms with E-state index in [0.29, 0.717) is 0 Å². The van der Waals surface area contributed by atoms with Gasteiger partial charge in [-0.05, 0) is 0 Å². The second-order valence-electron chi connectivity index (χ2n) is 2.36. The zero-order valence-electron chi connectivity index (χ0n) is 6.70. The third kappa shape index (κ3) is 1.82. The van der Waals surface area contributed by atoms with Crippen molar-refractivity contribution in [1.82, 2.24) is 10.3 Å². The fourth-order valence-electron chi connectivity index (χ4n) is 0.921. The lowest BCUT2D eigenvalue weighted by molar-refractivity contribution is -0.137. The van der Waals surface area contributed by atoms with Gasteiger partial charge in [0.25, 0.3) is 5.91 Å². The van der Waals surface area contributed by atoms with Crippen molar-refractivity contribution in [2.24, 2.45) is 0 Å². The first-order valence-corrected chi connectivity index (χ1v) is 3.43. The Kier molecular flexibility index (Phi) is 2.31. The van der Waals surface area contributed by atoms with Gasteiger partial charge in [-0.3, -0.25) is 4.79 Å². The summed E-state index contributed by atoms with van der Waals surface area (Å²) in [4.78, 5) is 13.2. The molecule has 1 amide bonds. The highest BCUT2D eigenvalue weighted by Crippen LogP contribution is 2.31. The van der Waals surface area contributed by atoms with Crippen molar-refractivity contribution >= 4 is 5.91 Å². The van der Waals surface area contributed by atoms with E-state index < -0.39 is 23.2 Å². The van der Waals surface area contributed by atoms with Crippen LogP contribution in [0.1, 0.15) is 15.9 Å². The highest BCUT2D eigenvalue weighted by Gasteiger charge is 2.35. The third-order valence-electron chi connectivity index (χ3n) is 1.52. The number of carbonyl (C=O) groups excluding carboxylic acids is 1. The summed E-state index contributed by atoms with van der Waals surface area (Å²) in [5.41, 5.74) is -1.35. The molecule has 0 fully saturated rings. The monoisotopic (exact) mass is 192 g/mol. The molecule has 0 radical (unpaired) electrons. The standard InChI is InChI=1S/C7H7F3N2O/c1-11-6(13)4-2-12-3-5(4)7(8,9)10/h2-3,12H,1H3,(H,11,13). The van der Waals surface area contributed by atoms with Crippen LogP contribution in [-0.2, 0) is 6.18 Å². The second kappa shape index (κ2) is 3.12. The molecule has 0 saturated carbocycles. The van der Waals surface area contributed by atoms with Gasteiger partial charge in [0.1, 0.15) is 0 Å². The van der Waals surface area contributed by atoms with Crippen molar-refractivity contribution in [2.75, 3.05) is 7.05 Å². The number of nitrogens with one attached hydrogen (secondary N) is 2. The zero-order chi connectivity index (χ0) is 10.1. The van der Waals surface area contributed by atoms with Gasteiger partial charge in [0.15, 0.2) is 0 Å². The molecule has 2 N–H and O–H groups in total. The molecule has 0 aliphatic rings. The number of hydrogen-bond acceptors (Lipinski definition) is 1. The zero-order valence-corrected chi connectivity index (χ0v) is 6.70. The fourth-order valence-corrected chi connectivity index (χ4v) is 0.921. The number of rotatable bonds is 1. The number of hydrogen-bond donors (Lipinski definition) is 2. The Morgan fingerprint density at radius 3 is 2.54 bits per heavy atom. The molecule has 6 heteroatoms. The molecule has 0 saturated heterocycles. The minimum Gasteiger partial charge on any atom is -0.366 e. The van der Waals surface area contributed by atoms with E-state index in [1.807, 2.05) is 0 Å². The minimum atomic E-state index is -4.50. The molecule has 0 aromatic carbocycles. The highest BCUT2D eigenvalue weighted by atomic mass is 19.4. The maximum atomic E-state index is 12.2. The first-order chi connectivity index (χ1) is 5.96. The van der Waals surface area contributed by atoms with Crippen LogP contribution >= 0.6 is 0 Å². The number of halogens is 3. The van der Waals surface area contributed by atoms with Crippen molar-refractivity contribution in [3.05, 3.63) is 23.5 Å². The van der Waals surface area contributed by atoms with Crippen LogP contribution < -0.4 is 5.32 Å². The molecule has 1 rings (SSSR count). The Balaban J connectivity index is 3.10.